The molecule has 2 aliphatic rings. The molecule has 0 aromatic heterocycles. The molecule has 51 heavy (non-hydrogen) atoms. The van der Waals surface area contributed by atoms with Crippen LogP contribution in [-0.2, 0) is 38.6 Å². The van der Waals surface area contributed by atoms with Crippen molar-refractivity contribution in [1.29, 1.82) is 0 Å². The second-order valence-electron chi connectivity index (χ2n) is 12.1. The van der Waals surface area contributed by atoms with Crippen molar-refractivity contribution >= 4 is 51.0 Å². The Balaban J connectivity index is 1.75. The van der Waals surface area contributed by atoms with Crippen molar-refractivity contribution in [3.05, 3.63) is 86.5 Å². The number of hydrogen-bond donors (Lipinski definition) is 2. The molecule has 276 valence electrons. The molecule has 0 bridgehead atoms. The number of allylic oxidation sites excluding steroid dienone is 5. The zero-order valence-corrected chi connectivity index (χ0v) is 31.5. The van der Waals surface area contributed by atoms with Crippen molar-refractivity contribution in [1.82, 2.24) is 0 Å². The molecule has 2 aromatic rings. The van der Waals surface area contributed by atoms with E-state index in [0.29, 0.717) is 11.3 Å². The van der Waals surface area contributed by atoms with Gasteiger partial charge in [0.05, 0.1) is 45.3 Å². The molecule has 1 aliphatic heterocycles. The van der Waals surface area contributed by atoms with Gasteiger partial charge in [-0.15, -0.1) is 0 Å². The SMILES string of the molecule is Cc1ccc2c(c1)[Si](C)(C)C1=CC(=[N+](C)C)C=CC1=C2c1cc(N=[N+]=[N-])c(OCCOCCOS(=O)(=O)O)cc1OCCOCCOS(=O)(=O)O. The average Bonchev–Trinajstić information content (AvgIpc) is 3.04. The minimum atomic E-state index is -4.59. The Bertz CT molecular complexity index is 2030. The Hall–Kier alpha value is -3.88. The highest BCUT2D eigenvalue weighted by molar-refractivity contribution is 7.81. The molecule has 0 saturated heterocycles. The van der Waals surface area contributed by atoms with E-state index in [1.807, 2.05) is 14.1 Å². The molecule has 19 heteroatoms. The second-order valence-corrected chi connectivity index (χ2v) is 18.6. The van der Waals surface area contributed by atoms with E-state index in [1.54, 1.807) is 12.1 Å². The Kier molecular flexibility index (Phi) is 13.4. The third kappa shape index (κ3) is 10.8. The molecular weight excluding hydrogens is 725 g/mol. The summed E-state index contributed by atoms with van der Waals surface area (Å²) in [5.74, 6) is 0.568. The van der Waals surface area contributed by atoms with Gasteiger partial charge in [-0.3, -0.25) is 9.11 Å². The minimum Gasteiger partial charge on any atom is -0.491 e. The van der Waals surface area contributed by atoms with Crippen LogP contribution in [0.3, 0.4) is 0 Å². The van der Waals surface area contributed by atoms with Gasteiger partial charge in [0.15, 0.2) is 5.71 Å². The van der Waals surface area contributed by atoms with Gasteiger partial charge < -0.3 is 18.9 Å². The number of ether oxygens (including phenoxy) is 4. The molecule has 0 fully saturated rings. The van der Waals surface area contributed by atoms with Crippen LogP contribution in [0.25, 0.3) is 16.0 Å². The fraction of sp³-hybridized carbons (Fsp3) is 0.406. The van der Waals surface area contributed by atoms with Crippen LogP contribution in [0, 0.1) is 6.92 Å². The van der Waals surface area contributed by atoms with E-state index < -0.39 is 35.5 Å². The molecule has 1 heterocycles. The average molecular weight is 766 g/mol. The number of azide groups is 1. The summed E-state index contributed by atoms with van der Waals surface area (Å²) in [5.41, 5.74) is 15.4. The van der Waals surface area contributed by atoms with Gasteiger partial charge in [-0.25, -0.2) is 12.9 Å². The predicted molar refractivity (Wildman–Crippen MR) is 192 cm³/mol. The van der Waals surface area contributed by atoms with Gasteiger partial charge in [-0.05, 0) is 51.7 Å². The molecular formula is C32H41N4O12S2Si+. The lowest BCUT2D eigenvalue weighted by molar-refractivity contribution is -0.462. The molecule has 2 aromatic carbocycles. The molecule has 16 nitrogen and oxygen atoms in total. The lowest BCUT2D eigenvalue weighted by atomic mass is 9.88. The number of fused-ring (bicyclic) bond motifs is 2. The van der Waals surface area contributed by atoms with E-state index in [2.05, 4.69) is 79.4 Å². The van der Waals surface area contributed by atoms with E-state index in [9.17, 15) is 22.4 Å². The Morgan fingerprint density at radius 3 is 1.96 bits per heavy atom. The molecule has 0 spiro atoms. The van der Waals surface area contributed by atoms with Gasteiger partial charge in [0.2, 0.25) is 0 Å². The molecule has 0 unspecified atom stereocenters. The van der Waals surface area contributed by atoms with Crippen LogP contribution in [0.2, 0.25) is 13.1 Å². The van der Waals surface area contributed by atoms with E-state index in [-0.39, 0.29) is 57.7 Å². The van der Waals surface area contributed by atoms with Crippen LogP contribution in [0.4, 0.5) is 5.69 Å². The zero-order valence-electron chi connectivity index (χ0n) is 28.9. The maximum Gasteiger partial charge on any atom is 0.397 e. The summed E-state index contributed by atoms with van der Waals surface area (Å²) in [6.07, 6.45) is 6.38. The first kappa shape index (κ1) is 39.9. The normalized spacial score (nSPS) is 15.1. The molecule has 1 aliphatic carbocycles. The Labute approximate surface area is 298 Å². The highest BCUT2D eigenvalue weighted by Crippen LogP contribution is 2.46. The largest absolute Gasteiger partial charge is 0.491 e. The summed E-state index contributed by atoms with van der Waals surface area (Å²) in [6, 6.07) is 9.68. The van der Waals surface area contributed by atoms with Crippen LogP contribution in [0.1, 0.15) is 16.7 Å². The maximum absolute atomic E-state index is 10.8. The number of hydrogen-bond acceptors (Lipinski definition) is 11. The molecule has 0 saturated carbocycles. The molecule has 0 radical (unpaired) electrons. The first-order chi connectivity index (χ1) is 24.0. The first-order valence-electron chi connectivity index (χ1n) is 15.7. The standard InChI is InChI=1S/C32H40N4O12S2Si/c1-22-6-8-24-30(18-22)51(4,5)31-19-23(36(2)3)7-9-25(31)32(24)26-20-27(34-35-33)29(46-15-11-44-13-17-48-50(40,41)42)21-28(26)45-14-10-43-12-16-47-49(37,38)39/h6-9,18-21H,10-17H2,1-5H3,(H-,37,38,39,40,41,42)/p+1. The van der Waals surface area contributed by atoms with Crippen LogP contribution in [-0.4, -0.2) is 111 Å². The molecule has 2 N–H and O–H groups in total. The number of benzene rings is 2. The molecule has 4 rings (SSSR count). The van der Waals surface area contributed by atoms with Crippen LogP contribution < -0.4 is 14.7 Å². The monoisotopic (exact) mass is 765 g/mol. The summed E-state index contributed by atoms with van der Waals surface area (Å²) in [4.78, 5) is 3.03. The van der Waals surface area contributed by atoms with Crippen LogP contribution in [0.15, 0.2) is 64.4 Å². The zero-order chi connectivity index (χ0) is 37.4. The van der Waals surface area contributed by atoms with Crippen molar-refractivity contribution in [3.63, 3.8) is 0 Å². The topological polar surface area (TPSA) is 216 Å². The van der Waals surface area contributed by atoms with Crippen molar-refractivity contribution in [2.24, 2.45) is 5.11 Å². The number of aryl methyl sites for hydroxylation is 1. The Morgan fingerprint density at radius 1 is 0.804 bits per heavy atom. The summed E-state index contributed by atoms with van der Waals surface area (Å²) in [6.45, 7) is 5.71. The quantitative estimate of drug-likeness (QED) is 0.0421. The highest BCUT2D eigenvalue weighted by atomic mass is 32.3. The molecule has 0 atom stereocenters. The van der Waals surface area contributed by atoms with Gasteiger partial charge in [0.25, 0.3) is 0 Å². The summed E-state index contributed by atoms with van der Waals surface area (Å²) >= 11 is 0. The highest BCUT2D eigenvalue weighted by Gasteiger charge is 2.41. The minimum absolute atomic E-state index is 0.00729. The van der Waals surface area contributed by atoms with Gasteiger partial charge in [-0.1, -0.05) is 42.0 Å². The third-order valence-corrected chi connectivity index (χ3v) is 12.4. The fourth-order valence-corrected chi connectivity index (χ4v) is 9.36. The smallest absolute Gasteiger partial charge is 0.397 e. The second kappa shape index (κ2) is 17.1. The number of rotatable bonds is 18. The van der Waals surface area contributed by atoms with E-state index >= 15 is 0 Å². The van der Waals surface area contributed by atoms with E-state index in [1.165, 1.54) is 10.4 Å². The van der Waals surface area contributed by atoms with Gasteiger partial charge >= 0.3 is 20.8 Å². The van der Waals surface area contributed by atoms with Gasteiger partial charge in [-0.2, -0.15) is 16.8 Å². The predicted octanol–water partition coefficient (Wildman–Crippen LogP) is 3.85. The van der Waals surface area contributed by atoms with Crippen molar-refractivity contribution in [2.75, 3.05) is 67.0 Å². The molecule has 0 amide bonds. The summed E-state index contributed by atoms with van der Waals surface area (Å²) in [7, 11) is -7.42. The first-order valence-corrected chi connectivity index (χ1v) is 21.4. The summed E-state index contributed by atoms with van der Waals surface area (Å²) in [5, 5.41) is 6.38. The van der Waals surface area contributed by atoms with Crippen molar-refractivity contribution in [3.8, 4) is 11.5 Å². The maximum atomic E-state index is 10.8. The third-order valence-electron chi connectivity index (χ3n) is 7.95. The fourth-order valence-electron chi connectivity index (χ4n) is 5.65. The number of nitrogens with zero attached hydrogens (tertiary/aromatic N) is 4. The lowest BCUT2D eigenvalue weighted by Crippen LogP contribution is -2.49. The van der Waals surface area contributed by atoms with E-state index in [4.69, 9.17) is 28.1 Å². The van der Waals surface area contributed by atoms with E-state index in [0.717, 1.165) is 28.0 Å². The lowest BCUT2D eigenvalue weighted by Gasteiger charge is -2.38. The van der Waals surface area contributed by atoms with Gasteiger partial charge in [0.1, 0.15) is 46.9 Å². The van der Waals surface area contributed by atoms with Crippen LogP contribution in [0.5, 0.6) is 11.5 Å². The van der Waals surface area contributed by atoms with Crippen molar-refractivity contribution in [2.45, 2.75) is 20.0 Å². The Morgan fingerprint density at radius 2 is 1.39 bits per heavy atom. The van der Waals surface area contributed by atoms with Crippen LogP contribution >= 0.6 is 0 Å². The summed E-state index contributed by atoms with van der Waals surface area (Å²) < 4.78 is 94.1. The van der Waals surface area contributed by atoms with Gasteiger partial charge in [0, 0.05) is 28.7 Å². The van der Waals surface area contributed by atoms with Crippen molar-refractivity contribution < 1.29 is 57.8 Å².